The minimum Gasteiger partial charge on any atom is -0.322 e. The molecule has 5 heteroatoms. The van der Waals surface area contributed by atoms with E-state index < -0.39 is 6.04 Å². The lowest BCUT2D eigenvalue weighted by molar-refractivity contribution is 0.727. The van der Waals surface area contributed by atoms with Crippen molar-refractivity contribution in [1.82, 2.24) is 8.75 Å². The molecule has 1 unspecified atom stereocenters. The summed E-state index contributed by atoms with van der Waals surface area (Å²) in [6.45, 7) is 0. The maximum Gasteiger partial charge on any atom is 0.282 e. The summed E-state index contributed by atoms with van der Waals surface area (Å²) in [5.41, 5.74) is 5.62. The lowest BCUT2D eigenvalue weighted by Gasteiger charge is -1.99. The van der Waals surface area contributed by atoms with Crippen molar-refractivity contribution >= 4 is 11.7 Å². The van der Waals surface area contributed by atoms with Gasteiger partial charge in [0.05, 0.1) is 6.04 Å². The van der Waals surface area contributed by atoms with Crippen molar-refractivity contribution in [2.24, 2.45) is 5.73 Å². The van der Waals surface area contributed by atoms with E-state index in [4.69, 9.17) is 12.2 Å². The van der Waals surface area contributed by atoms with Crippen LogP contribution in [-0.2, 0) is 0 Å². The fourth-order valence-electron chi connectivity index (χ4n) is 0.667. The number of aromatic amines is 1. The number of nitrogens with zero attached hydrogens (tertiary/aromatic N) is 1. The molecule has 0 spiro atoms. The van der Waals surface area contributed by atoms with Crippen molar-refractivity contribution in [2.75, 3.05) is 0 Å². The molecule has 0 saturated carbocycles. The van der Waals surface area contributed by atoms with Crippen molar-refractivity contribution in [3.63, 3.8) is 0 Å². The lowest BCUT2D eigenvalue weighted by Crippen LogP contribution is -2.18. The third-order valence-electron chi connectivity index (χ3n) is 1.20. The molecule has 4 nitrogen and oxygen atoms in total. The molecule has 3 N–H and O–H groups in total. The fraction of sp³-hybridized carbons (Fsp3) is 0.333. The van der Waals surface area contributed by atoms with E-state index in [9.17, 15) is 4.79 Å². The molecule has 0 amide bonds. The van der Waals surface area contributed by atoms with Gasteiger partial charge in [-0.2, -0.15) is 4.37 Å². The predicted molar refractivity (Wildman–Crippen MR) is 43.1 cm³/mol. The van der Waals surface area contributed by atoms with Gasteiger partial charge in [-0.25, -0.2) is 0 Å². The van der Waals surface area contributed by atoms with Gasteiger partial charge in [0, 0.05) is 18.1 Å². The lowest BCUT2D eigenvalue weighted by atomic mass is 10.2. The molecule has 0 aliphatic carbocycles. The molecular weight excluding hydrogens is 162 g/mol. The van der Waals surface area contributed by atoms with Gasteiger partial charge in [0.15, 0.2) is 0 Å². The summed E-state index contributed by atoms with van der Waals surface area (Å²) in [7, 11) is 0. The molecule has 0 radical (unpaired) electrons. The minimum atomic E-state index is -0.435. The molecule has 1 aromatic rings. The maximum absolute atomic E-state index is 10.9. The van der Waals surface area contributed by atoms with E-state index in [2.05, 4.69) is 14.7 Å². The van der Waals surface area contributed by atoms with Crippen LogP contribution in [0.25, 0.3) is 0 Å². The topological polar surface area (TPSA) is 71.8 Å². The van der Waals surface area contributed by atoms with Gasteiger partial charge in [0.2, 0.25) is 0 Å². The Kier molecular flexibility index (Phi) is 2.41. The highest BCUT2D eigenvalue weighted by Gasteiger charge is 2.10. The zero-order chi connectivity index (χ0) is 8.27. The summed E-state index contributed by atoms with van der Waals surface area (Å²) in [4.78, 5) is 10.9. The van der Waals surface area contributed by atoms with Crippen LogP contribution in [0.15, 0.2) is 4.79 Å². The second-order valence-electron chi connectivity index (χ2n) is 2.01. The molecule has 0 aliphatic heterocycles. The third-order valence-corrected chi connectivity index (χ3v) is 1.77. The summed E-state index contributed by atoms with van der Waals surface area (Å²) < 4.78 is 6.22. The molecule has 0 fully saturated rings. The van der Waals surface area contributed by atoms with Crippen LogP contribution in [0.3, 0.4) is 0 Å². The van der Waals surface area contributed by atoms with Crippen LogP contribution in [-0.4, -0.2) is 8.75 Å². The van der Waals surface area contributed by atoms with Crippen molar-refractivity contribution in [2.45, 2.75) is 12.5 Å². The highest BCUT2D eigenvalue weighted by atomic mass is 32.1. The van der Waals surface area contributed by atoms with E-state index in [1.165, 1.54) is 0 Å². The molecule has 0 aromatic carbocycles. The van der Waals surface area contributed by atoms with Crippen LogP contribution in [0.4, 0.5) is 0 Å². The number of aromatic nitrogens is 2. The smallest absolute Gasteiger partial charge is 0.282 e. The van der Waals surface area contributed by atoms with Crippen molar-refractivity contribution in [3.8, 4) is 12.3 Å². The van der Waals surface area contributed by atoms with Crippen LogP contribution in [0, 0.1) is 12.3 Å². The fourth-order valence-corrected chi connectivity index (χ4v) is 1.22. The summed E-state index contributed by atoms with van der Waals surface area (Å²) in [6.07, 6.45) is 5.36. The van der Waals surface area contributed by atoms with Gasteiger partial charge in [0.1, 0.15) is 5.69 Å². The van der Waals surface area contributed by atoms with Gasteiger partial charge in [-0.05, 0) is 0 Å². The minimum absolute atomic E-state index is 0.238. The van der Waals surface area contributed by atoms with E-state index in [0.717, 1.165) is 11.7 Å². The average molecular weight is 169 g/mol. The molecule has 0 saturated heterocycles. The second-order valence-corrected chi connectivity index (χ2v) is 2.58. The van der Waals surface area contributed by atoms with E-state index in [-0.39, 0.29) is 5.56 Å². The van der Waals surface area contributed by atoms with Gasteiger partial charge in [-0.15, -0.1) is 12.3 Å². The normalized spacial score (nSPS) is 12.4. The van der Waals surface area contributed by atoms with Crippen molar-refractivity contribution in [3.05, 3.63) is 16.0 Å². The van der Waals surface area contributed by atoms with Gasteiger partial charge >= 0.3 is 0 Å². The first-order chi connectivity index (χ1) is 5.25. The van der Waals surface area contributed by atoms with Gasteiger partial charge in [-0.1, -0.05) is 0 Å². The van der Waals surface area contributed by atoms with Crippen LogP contribution >= 0.6 is 11.7 Å². The standard InChI is InChI=1S/C6H7N3OS/c1-2-3-4(7)5-6(10)9-11-8-5/h1,4H,3,7H2,(H,9,10). The number of rotatable bonds is 2. The Bertz CT molecular complexity index is 321. The Morgan fingerprint density at radius 3 is 3.09 bits per heavy atom. The zero-order valence-electron chi connectivity index (χ0n) is 5.70. The highest BCUT2D eigenvalue weighted by molar-refractivity contribution is 6.99. The number of nitrogens with two attached hydrogens (primary N) is 1. The highest BCUT2D eigenvalue weighted by Crippen LogP contribution is 2.05. The first-order valence-electron chi connectivity index (χ1n) is 2.99. The van der Waals surface area contributed by atoms with E-state index in [1.54, 1.807) is 0 Å². The first-order valence-corrected chi connectivity index (χ1v) is 3.76. The molecule has 1 rings (SSSR count). The molecule has 1 atom stereocenters. The Balaban J connectivity index is 2.86. The van der Waals surface area contributed by atoms with Crippen LogP contribution in [0.5, 0.6) is 0 Å². The van der Waals surface area contributed by atoms with Gasteiger partial charge in [0.25, 0.3) is 5.56 Å². The summed E-state index contributed by atoms with van der Waals surface area (Å²) >= 11 is 0.984. The Hall–Kier alpha value is -1.12. The number of hydrogen-bond donors (Lipinski definition) is 2. The van der Waals surface area contributed by atoms with E-state index in [0.29, 0.717) is 12.1 Å². The number of hydrogen-bond acceptors (Lipinski definition) is 4. The summed E-state index contributed by atoms with van der Waals surface area (Å²) in [5.74, 6) is 2.37. The van der Waals surface area contributed by atoms with E-state index in [1.807, 2.05) is 0 Å². The average Bonchev–Trinajstić information content (AvgIpc) is 2.36. The van der Waals surface area contributed by atoms with Crippen LogP contribution < -0.4 is 11.3 Å². The molecule has 0 aliphatic rings. The maximum atomic E-state index is 10.9. The SMILES string of the molecule is C#CCC(N)c1ns[nH]c1=O. The molecule has 11 heavy (non-hydrogen) atoms. The molecule has 0 bridgehead atoms. The molecule has 1 aromatic heterocycles. The molecule has 1 heterocycles. The monoisotopic (exact) mass is 169 g/mol. The van der Waals surface area contributed by atoms with Crippen molar-refractivity contribution < 1.29 is 0 Å². The molecule has 58 valence electrons. The Morgan fingerprint density at radius 1 is 1.91 bits per heavy atom. The summed E-state index contributed by atoms with van der Waals surface area (Å²) in [6, 6.07) is -0.435. The Morgan fingerprint density at radius 2 is 2.64 bits per heavy atom. The number of nitrogens with one attached hydrogen (secondary N) is 1. The van der Waals surface area contributed by atoms with Gasteiger partial charge in [-0.3, -0.25) is 9.17 Å². The second kappa shape index (κ2) is 3.32. The number of terminal acetylenes is 1. The quantitative estimate of drug-likeness (QED) is 0.605. The third kappa shape index (κ3) is 1.67. The number of H-pyrrole nitrogens is 1. The van der Waals surface area contributed by atoms with Crippen LogP contribution in [0.1, 0.15) is 18.2 Å². The Labute approximate surface area is 67.8 Å². The largest absolute Gasteiger partial charge is 0.322 e. The van der Waals surface area contributed by atoms with Gasteiger partial charge < -0.3 is 5.73 Å². The molecular formula is C6H7N3OS. The predicted octanol–water partition coefficient (Wildman–Crippen LogP) is -0.145. The van der Waals surface area contributed by atoms with E-state index >= 15 is 0 Å². The van der Waals surface area contributed by atoms with Crippen molar-refractivity contribution in [1.29, 1.82) is 0 Å². The zero-order valence-corrected chi connectivity index (χ0v) is 6.52. The first kappa shape index (κ1) is 7.98. The van der Waals surface area contributed by atoms with Crippen LogP contribution in [0.2, 0.25) is 0 Å². The summed E-state index contributed by atoms with van der Waals surface area (Å²) in [5, 5.41) is 0.